The van der Waals surface area contributed by atoms with Crippen LogP contribution in [0.25, 0.3) is 0 Å². The molecule has 0 rings (SSSR count). The highest BCUT2D eigenvalue weighted by Crippen LogP contribution is 2.09. The van der Waals surface area contributed by atoms with Crippen LogP contribution in [0.2, 0.25) is 5.82 Å². The van der Waals surface area contributed by atoms with Gasteiger partial charge in [-0.15, -0.1) is 0 Å². The minimum atomic E-state index is -0.0142. The molecule has 0 fully saturated rings. The quantitative estimate of drug-likeness (QED) is 0.438. The molecular weight excluding hydrogens is 153 g/mol. The molecule has 0 aromatic rings. The highest BCUT2D eigenvalue weighted by atomic mass is 16.7. The van der Waals surface area contributed by atoms with Crippen LogP contribution in [0.3, 0.4) is 0 Å². The monoisotopic (exact) mass is 171 g/mol. The van der Waals surface area contributed by atoms with Crippen LogP contribution in [0.4, 0.5) is 0 Å². The molecule has 0 spiro atoms. The first-order valence-electron chi connectivity index (χ1n) is 4.72. The van der Waals surface area contributed by atoms with Gasteiger partial charge >= 0.3 is 0 Å². The number of hydrogen-bond donors (Lipinski definition) is 0. The smallest absolute Gasteiger partial charge is 0.245 e. The number of rotatable bonds is 6. The number of carbonyl (C=O) groups is 1. The van der Waals surface area contributed by atoms with E-state index in [4.69, 9.17) is 6.17 Å². The van der Waals surface area contributed by atoms with Crippen LogP contribution in [0, 0.1) is 0 Å². The van der Waals surface area contributed by atoms with Crippen molar-refractivity contribution in [3.05, 3.63) is 0 Å². The molecule has 0 aliphatic rings. The van der Waals surface area contributed by atoms with E-state index in [-0.39, 0.29) is 11.7 Å². The van der Waals surface area contributed by atoms with Gasteiger partial charge in [0.2, 0.25) is 5.91 Å². The van der Waals surface area contributed by atoms with Gasteiger partial charge in [0, 0.05) is 13.5 Å². The topological polar surface area (TPSA) is 29.5 Å². The molecule has 0 aromatic heterocycles. The van der Waals surface area contributed by atoms with E-state index in [9.17, 15) is 4.79 Å². The Hall–Kier alpha value is -0.505. The van der Waals surface area contributed by atoms with Gasteiger partial charge in [0.1, 0.15) is 0 Å². The molecule has 69 valence electrons. The summed E-state index contributed by atoms with van der Waals surface area (Å²) in [5.74, 6) is 0.250. The Morgan fingerprint density at radius 1 is 1.83 bits per heavy atom. The first-order valence-corrected chi connectivity index (χ1v) is 4.14. The molecule has 0 bridgehead atoms. The molecule has 3 nitrogen and oxygen atoms in total. The number of nitrogens with zero attached hydrogens (tertiary/aromatic N) is 1. The van der Waals surface area contributed by atoms with E-state index in [1.807, 2.05) is 6.92 Å². The fraction of sp³-hybridized carbons (Fsp3) is 0.875. The lowest BCUT2D eigenvalue weighted by Crippen LogP contribution is -2.24. The first kappa shape index (κ1) is 9.58. The molecule has 0 N–H and O–H groups in total. The predicted octanol–water partition coefficient (Wildman–Crippen LogP) is 0.886. The Kier molecular flexibility index (Phi) is 4.84. The minimum absolute atomic E-state index is 0.0142. The second kappa shape index (κ2) is 6.06. The average molecular weight is 171 g/mol. The van der Waals surface area contributed by atoms with Gasteiger partial charge in [0.05, 0.1) is 14.9 Å². The molecular formula is C8H17BNO2. The Bertz CT molecular complexity index is 157. The van der Waals surface area contributed by atoms with E-state index in [0.717, 1.165) is 12.8 Å². The van der Waals surface area contributed by atoms with Crippen molar-refractivity contribution in [3.63, 3.8) is 0 Å². The SMILES string of the molecule is [2H][B]C(C)CCCC(=O)N(C)OC. The Morgan fingerprint density at radius 3 is 3.00 bits per heavy atom. The van der Waals surface area contributed by atoms with Crippen LogP contribution in [-0.4, -0.2) is 34.3 Å². The number of carbonyl (C=O) groups excluding carboxylic acids is 1. The molecule has 1 unspecified atom stereocenters. The largest absolute Gasteiger partial charge is 0.275 e. The van der Waals surface area contributed by atoms with Crippen LogP contribution in [-0.2, 0) is 9.63 Å². The Labute approximate surface area is 76.8 Å². The summed E-state index contributed by atoms with van der Waals surface area (Å²) in [6.45, 7) is 1.97. The van der Waals surface area contributed by atoms with Crippen LogP contribution in [0.1, 0.15) is 26.2 Å². The van der Waals surface area contributed by atoms with Crippen molar-refractivity contribution in [2.75, 3.05) is 14.2 Å². The molecule has 12 heavy (non-hydrogen) atoms. The van der Waals surface area contributed by atoms with E-state index in [1.165, 1.54) is 20.0 Å². The maximum atomic E-state index is 11.2. The Balaban J connectivity index is 3.47. The maximum Gasteiger partial charge on any atom is 0.245 e. The van der Waals surface area contributed by atoms with Crippen molar-refractivity contribution in [2.24, 2.45) is 0 Å². The summed E-state index contributed by atoms with van der Waals surface area (Å²) in [5, 5.41) is 1.23. The van der Waals surface area contributed by atoms with Crippen molar-refractivity contribution in [1.29, 1.82) is 1.34 Å². The number of amides is 1. The van der Waals surface area contributed by atoms with Gasteiger partial charge in [-0.2, -0.15) is 0 Å². The predicted molar refractivity (Wildman–Crippen MR) is 50.2 cm³/mol. The van der Waals surface area contributed by atoms with Gasteiger partial charge in [-0.1, -0.05) is 19.2 Å². The summed E-state index contributed by atoms with van der Waals surface area (Å²) >= 11 is 0. The molecule has 0 aliphatic carbocycles. The van der Waals surface area contributed by atoms with E-state index >= 15 is 0 Å². The van der Waals surface area contributed by atoms with E-state index < -0.39 is 0 Å². The highest BCUT2D eigenvalue weighted by molar-refractivity contribution is 6.11. The van der Waals surface area contributed by atoms with Crippen LogP contribution >= 0.6 is 0 Å². The van der Waals surface area contributed by atoms with Crippen LogP contribution < -0.4 is 0 Å². The van der Waals surface area contributed by atoms with Crippen LogP contribution in [0.5, 0.6) is 0 Å². The molecule has 4 heteroatoms. The molecule has 1 amide bonds. The molecule has 1 radical (unpaired) electrons. The van der Waals surface area contributed by atoms with Gasteiger partial charge in [-0.3, -0.25) is 9.63 Å². The van der Waals surface area contributed by atoms with Crippen molar-refractivity contribution in [2.45, 2.75) is 32.0 Å². The minimum Gasteiger partial charge on any atom is -0.275 e. The number of hydroxylamine groups is 2. The van der Waals surface area contributed by atoms with Crippen molar-refractivity contribution < 1.29 is 9.63 Å². The zero-order chi connectivity index (χ0) is 10.3. The third kappa shape index (κ3) is 5.19. The molecule has 1 atom stereocenters. The van der Waals surface area contributed by atoms with E-state index in [0.29, 0.717) is 6.42 Å². The maximum absolute atomic E-state index is 11.2. The van der Waals surface area contributed by atoms with Crippen LogP contribution in [0.15, 0.2) is 0 Å². The number of hydrogen-bond acceptors (Lipinski definition) is 2. The zero-order valence-corrected chi connectivity index (χ0v) is 8.04. The van der Waals surface area contributed by atoms with E-state index in [1.54, 1.807) is 7.05 Å². The zero-order valence-electron chi connectivity index (χ0n) is 9.04. The summed E-state index contributed by atoms with van der Waals surface area (Å²) in [4.78, 5) is 15.9. The second-order valence-electron chi connectivity index (χ2n) is 2.94. The summed E-state index contributed by atoms with van der Waals surface area (Å²) in [6, 6.07) is 0. The van der Waals surface area contributed by atoms with Gasteiger partial charge in [-0.05, 0) is 7.76 Å². The molecule has 0 aliphatic heterocycles. The lowest BCUT2D eigenvalue weighted by molar-refractivity contribution is -0.168. The fourth-order valence-electron chi connectivity index (χ4n) is 0.835. The summed E-state index contributed by atoms with van der Waals surface area (Å²) in [7, 11) is 4.48. The lowest BCUT2D eigenvalue weighted by atomic mass is 9.85. The van der Waals surface area contributed by atoms with Gasteiger partial charge < -0.3 is 0 Å². The third-order valence-corrected chi connectivity index (χ3v) is 1.68. The summed E-state index contributed by atoms with van der Waals surface area (Å²) < 4.78 is 6.97. The second-order valence-corrected chi connectivity index (χ2v) is 2.94. The molecule has 0 saturated heterocycles. The first-order chi connectivity index (χ1) is 6.11. The fourth-order valence-corrected chi connectivity index (χ4v) is 0.835. The Morgan fingerprint density at radius 2 is 2.50 bits per heavy atom. The van der Waals surface area contributed by atoms with Crippen molar-refractivity contribution in [1.82, 2.24) is 5.06 Å². The molecule has 0 saturated carbocycles. The van der Waals surface area contributed by atoms with Gasteiger partial charge in [0.25, 0.3) is 0 Å². The van der Waals surface area contributed by atoms with Gasteiger partial charge in [0.15, 0.2) is 0 Å². The highest BCUT2D eigenvalue weighted by Gasteiger charge is 2.06. The summed E-state index contributed by atoms with van der Waals surface area (Å²) in [6.07, 6.45) is 2.18. The molecule has 0 heterocycles. The lowest BCUT2D eigenvalue weighted by Gasteiger charge is -2.13. The average Bonchev–Trinajstić information content (AvgIpc) is 2.15. The van der Waals surface area contributed by atoms with E-state index in [2.05, 4.69) is 0 Å². The standard InChI is InChI=1S/C8H17BNO2/c1-7(9)5-4-6-8(11)10(2)12-3/h7,9H,4-6H2,1-3H3/i9D. The van der Waals surface area contributed by atoms with Gasteiger partial charge in [-0.25, -0.2) is 5.06 Å². The normalized spacial score (nSPS) is 13.4. The third-order valence-electron chi connectivity index (χ3n) is 1.68. The van der Waals surface area contributed by atoms with Crippen molar-refractivity contribution >= 4 is 13.7 Å². The summed E-state index contributed by atoms with van der Waals surface area (Å²) in [5.41, 5.74) is 0. The van der Waals surface area contributed by atoms with Crippen molar-refractivity contribution in [3.8, 4) is 0 Å². The molecule has 0 aromatic carbocycles.